The summed E-state index contributed by atoms with van der Waals surface area (Å²) in [5, 5.41) is 22.1. The Morgan fingerprint density at radius 3 is 2.23 bits per heavy atom. The third-order valence-corrected chi connectivity index (χ3v) is 13.2. The van der Waals surface area contributed by atoms with Gasteiger partial charge in [-0.25, -0.2) is 0 Å². The zero-order chi connectivity index (χ0) is 26.1. The van der Waals surface area contributed by atoms with Gasteiger partial charge in [0.15, 0.2) is 11.5 Å². The Hall–Kier alpha value is -2.91. The number of para-hydroxylation sites is 1. The van der Waals surface area contributed by atoms with Gasteiger partial charge in [0, 0.05) is 11.8 Å². The molecule has 1 amide bonds. The SMILES string of the molecule is COc1cc(C(=O)N2c3ccccc3CC2CO)c([N+](=O)[O-])cc1O[Si](C(C)C)(C(C)C)C(C)C. The lowest BCUT2D eigenvalue weighted by atomic mass is 10.1. The Bertz CT molecular complexity index is 1080. The molecule has 2 aromatic carbocycles. The van der Waals surface area contributed by atoms with Crippen molar-refractivity contribution >= 4 is 25.6 Å². The molecule has 2 aromatic rings. The number of aliphatic hydroxyl groups excluding tert-OH is 1. The summed E-state index contributed by atoms with van der Waals surface area (Å²) in [7, 11) is -0.974. The van der Waals surface area contributed by atoms with Crippen LogP contribution in [-0.4, -0.2) is 44.0 Å². The molecule has 1 unspecified atom stereocenters. The van der Waals surface area contributed by atoms with Crippen LogP contribution in [0.15, 0.2) is 36.4 Å². The van der Waals surface area contributed by atoms with E-state index in [9.17, 15) is 20.0 Å². The fraction of sp³-hybridized carbons (Fsp3) is 0.500. The third kappa shape index (κ3) is 4.66. The second kappa shape index (κ2) is 10.4. The number of rotatable bonds is 9. The van der Waals surface area contributed by atoms with Gasteiger partial charge in [-0.15, -0.1) is 0 Å². The normalized spacial score (nSPS) is 15.6. The Labute approximate surface area is 208 Å². The van der Waals surface area contributed by atoms with E-state index in [0.717, 1.165) is 5.56 Å². The van der Waals surface area contributed by atoms with Gasteiger partial charge in [-0.2, -0.15) is 0 Å². The lowest BCUT2D eigenvalue weighted by Gasteiger charge is -2.42. The fourth-order valence-electron chi connectivity index (χ4n) is 5.67. The molecule has 1 aliphatic rings. The van der Waals surface area contributed by atoms with E-state index >= 15 is 0 Å². The quantitative estimate of drug-likeness (QED) is 0.268. The van der Waals surface area contributed by atoms with Gasteiger partial charge >= 0.3 is 0 Å². The molecule has 1 N–H and O–H groups in total. The largest absolute Gasteiger partial charge is 0.540 e. The van der Waals surface area contributed by atoms with Crippen LogP contribution in [0.4, 0.5) is 11.4 Å². The maximum atomic E-state index is 13.7. The fourth-order valence-corrected chi connectivity index (χ4v) is 10.9. The van der Waals surface area contributed by atoms with Crippen LogP contribution in [-0.2, 0) is 6.42 Å². The summed E-state index contributed by atoms with van der Waals surface area (Å²) in [6.45, 7) is 12.5. The third-order valence-electron chi connectivity index (χ3n) is 7.20. The molecule has 1 atom stereocenters. The van der Waals surface area contributed by atoms with Crippen LogP contribution >= 0.6 is 0 Å². The molecule has 0 spiro atoms. The van der Waals surface area contributed by atoms with Crippen molar-refractivity contribution in [2.24, 2.45) is 0 Å². The molecule has 0 aliphatic carbocycles. The molecule has 190 valence electrons. The molecule has 1 heterocycles. The number of nitrogens with zero attached hydrogens (tertiary/aromatic N) is 2. The Balaban J connectivity index is 2.15. The van der Waals surface area contributed by atoms with E-state index in [1.54, 1.807) is 12.1 Å². The smallest absolute Gasteiger partial charge is 0.286 e. The van der Waals surface area contributed by atoms with Crippen molar-refractivity contribution in [1.29, 1.82) is 0 Å². The molecule has 1 aliphatic heterocycles. The van der Waals surface area contributed by atoms with Gasteiger partial charge < -0.3 is 19.2 Å². The number of hydrogen-bond donors (Lipinski definition) is 1. The van der Waals surface area contributed by atoms with Gasteiger partial charge in [0.2, 0.25) is 0 Å². The summed E-state index contributed by atoms with van der Waals surface area (Å²) in [5.74, 6) is 0.0236. The summed E-state index contributed by atoms with van der Waals surface area (Å²) in [5.41, 5.74) is 1.87. The molecule has 0 saturated carbocycles. The van der Waals surface area contributed by atoms with E-state index in [1.807, 2.05) is 12.1 Å². The molecule has 0 bridgehead atoms. The van der Waals surface area contributed by atoms with Crippen molar-refractivity contribution in [2.45, 2.75) is 70.6 Å². The number of carbonyl (C=O) groups is 1. The minimum absolute atomic E-state index is 0.0970. The van der Waals surface area contributed by atoms with E-state index in [2.05, 4.69) is 41.5 Å². The zero-order valence-electron chi connectivity index (χ0n) is 21.6. The summed E-state index contributed by atoms with van der Waals surface area (Å²) < 4.78 is 12.3. The number of ether oxygens (including phenoxy) is 1. The summed E-state index contributed by atoms with van der Waals surface area (Å²) >= 11 is 0. The predicted molar refractivity (Wildman–Crippen MR) is 139 cm³/mol. The van der Waals surface area contributed by atoms with Crippen molar-refractivity contribution in [2.75, 3.05) is 18.6 Å². The van der Waals surface area contributed by atoms with Crippen LogP contribution in [0.25, 0.3) is 0 Å². The van der Waals surface area contributed by atoms with E-state index in [1.165, 1.54) is 24.1 Å². The number of nitro benzene ring substituents is 1. The number of amides is 1. The van der Waals surface area contributed by atoms with Gasteiger partial charge in [0.1, 0.15) is 5.56 Å². The number of anilines is 1. The lowest BCUT2D eigenvalue weighted by molar-refractivity contribution is -0.385. The van der Waals surface area contributed by atoms with Crippen molar-refractivity contribution < 1.29 is 24.0 Å². The number of benzene rings is 2. The molecule has 0 radical (unpaired) electrons. The lowest BCUT2D eigenvalue weighted by Crippen LogP contribution is -2.50. The van der Waals surface area contributed by atoms with Crippen molar-refractivity contribution in [1.82, 2.24) is 0 Å². The molecule has 35 heavy (non-hydrogen) atoms. The molecule has 9 heteroatoms. The van der Waals surface area contributed by atoms with Gasteiger partial charge in [-0.05, 0) is 34.7 Å². The average Bonchev–Trinajstić information content (AvgIpc) is 3.19. The van der Waals surface area contributed by atoms with Crippen LogP contribution in [0.5, 0.6) is 11.5 Å². The summed E-state index contributed by atoms with van der Waals surface area (Å²) in [6, 6.07) is 9.60. The van der Waals surface area contributed by atoms with Gasteiger partial charge in [-0.3, -0.25) is 14.9 Å². The monoisotopic (exact) mass is 500 g/mol. The highest BCUT2D eigenvalue weighted by atomic mass is 28.4. The average molecular weight is 501 g/mol. The number of nitro groups is 1. The maximum absolute atomic E-state index is 13.7. The van der Waals surface area contributed by atoms with Crippen molar-refractivity contribution in [3.8, 4) is 11.5 Å². The Morgan fingerprint density at radius 1 is 1.11 bits per heavy atom. The van der Waals surface area contributed by atoms with E-state index < -0.39 is 25.2 Å². The van der Waals surface area contributed by atoms with Crippen molar-refractivity contribution in [3.63, 3.8) is 0 Å². The Morgan fingerprint density at radius 2 is 1.71 bits per heavy atom. The van der Waals surface area contributed by atoms with E-state index in [4.69, 9.17) is 9.16 Å². The molecule has 0 aromatic heterocycles. The van der Waals surface area contributed by atoms with Crippen LogP contribution in [0.3, 0.4) is 0 Å². The second-order valence-corrected chi connectivity index (χ2v) is 15.4. The number of hydrogen-bond acceptors (Lipinski definition) is 6. The molecular formula is C26H36N2O6Si. The summed E-state index contributed by atoms with van der Waals surface area (Å²) in [4.78, 5) is 26.8. The van der Waals surface area contributed by atoms with Crippen LogP contribution < -0.4 is 14.1 Å². The van der Waals surface area contributed by atoms with Gasteiger partial charge in [-0.1, -0.05) is 59.7 Å². The number of aliphatic hydroxyl groups is 1. The first-order valence-corrected chi connectivity index (χ1v) is 14.2. The first-order chi connectivity index (χ1) is 16.5. The van der Waals surface area contributed by atoms with Crippen molar-refractivity contribution in [3.05, 3.63) is 57.6 Å². The molecule has 0 fully saturated rings. The zero-order valence-corrected chi connectivity index (χ0v) is 22.6. The highest BCUT2D eigenvalue weighted by Gasteiger charge is 2.48. The molecule has 3 rings (SSSR count). The van der Waals surface area contributed by atoms with E-state index in [-0.39, 0.29) is 40.2 Å². The second-order valence-electron chi connectivity index (χ2n) is 10.0. The minimum atomic E-state index is -2.44. The number of fused-ring (bicyclic) bond motifs is 1. The standard InChI is InChI=1S/C26H36N2O6Si/c1-16(2)35(17(3)4,18(5)6)34-25-14-23(28(31)32)21(13-24(25)33-7)26(30)27-20(15-29)12-19-10-8-9-11-22(19)27/h8-11,13-14,16-18,20,29H,12,15H2,1-7H3. The van der Waals surface area contributed by atoms with Gasteiger partial charge in [0.25, 0.3) is 19.9 Å². The highest BCUT2D eigenvalue weighted by Crippen LogP contribution is 2.46. The highest BCUT2D eigenvalue weighted by molar-refractivity contribution is 6.78. The topological polar surface area (TPSA) is 102 Å². The first kappa shape index (κ1) is 26.7. The molecular weight excluding hydrogens is 464 g/mol. The molecule has 0 saturated heterocycles. The minimum Gasteiger partial charge on any atom is -0.540 e. The van der Waals surface area contributed by atoms with Gasteiger partial charge in [0.05, 0.1) is 30.7 Å². The first-order valence-electron chi connectivity index (χ1n) is 12.1. The van der Waals surface area contributed by atoms with Crippen LogP contribution in [0, 0.1) is 10.1 Å². The predicted octanol–water partition coefficient (Wildman–Crippen LogP) is 5.72. The Kier molecular flexibility index (Phi) is 7.91. The molecule has 8 nitrogen and oxygen atoms in total. The summed E-state index contributed by atoms with van der Waals surface area (Å²) in [6.07, 6.45) is 0.482. The number of methoxy groups -OCH3 is 1. The van der Waals surface area contributed by atoms with E-state index in [0.29, 0.717) is 17.9 Å². The van der Waals surface area contributed by atoms with Crippen LogP contribution in [0.2, 0.25) is 16.6 Å². The number of carbonyl (C=O) groups excluding carboxylic acids is 1. The van der Waals surface area contributed by atoms with Crippen LogP contribution in [0.1, 0.15) is 57.5 Å². The maximum Gasteiger partial charge on any atom is 0.286 e.